The summed E-state index contributed by atoms with van der Waals surface area (Å²) in [5, 5.41) is 16.2. The van der Waals surface area contributed by atoms with Crippen molar-refractivity contribution >= 4 is 29.1 Å². The van der Waals surface area contributed by atoms with Gasteiger partial charge in [-0.15, -0.1) is 0 Å². The van der Waals surface area contributed by atoms with E-state index in [2.05, 4.69) is 10.6 Å². The molecule has 3 rings (SSSR count). The number of rotatable bonds is 8. The van der Waals surface area contributed by atoms with Crippen LogP contribution < -0.4 is 16.4 Å². The van der Waals surface area contributed by atoms with Crippen molar-refractivity contribution in [3.8, 4) is 0 Å². The number of amides is 3. The number of benzene rings is 2. The van der Waals surface area contributed by atoms with Crippen molar-refractivity contribution in [2.75, 3.05) is 11.9 Å². The minimum Gasteiger partial charge on any atom is -0.343 e. The molecule has 0 saturated carbocycles. The van der Waals surface area contributed by atoms with Crippen LogP contribution in [0.2, 0.25) is 0 Å². The van der Waals surface area contributed by atoms with Crippen LogP contribution in [-0.2, 0) is 20.8 Å². The molecule has 2 aromatic rings. The van der Waals surface area contributed by atoms with Gasteiger partial charge in [0.25, 0.3) is 5.69 Å². The first kappa shape index (κ1) is 23.9. The van der Waals surface area contributed by atoms with Crippen LogP contribution in [0.3, 0.4) is 0 Å². The van der Waals surface area contributed by atoms with Crippen LogP contribution in [-0.4, -0.2) is 52.2 Å². The summed E-state index contributed by atoms with van der Waals surface area (Å²) in [4.78, 5) is 50.4. The van der Waals surface area contributed by atoms with Gasteiger partial charge >= 0.3 is 0 Å². The first-order valence-corrected chi connectivity index (χ1v) is 10.7. The van der Waals surface area contributed by atoms with Crippen LogP contribution in [0.25, 0.3) is 0 Å². The molecular formula is C23H27N5O5. The molecule has 1 heterocycles. The third-order valence-electron chi connectivity index (χ3n) is 5.49. The second-order valence-electron chi connectivity index (χ2n) is 8.02. The highest BCUT2D eigenvalue weighted by atomic mass is 16.6. The molecule has 3 atom stereocenters. The van der Waals surface area contributed by atoms with E-state index in [4.69, 9.17) is 5.73 Å². The Morgan fingerprint density at radius 2 is 1.82 bits per heavy atom. The van der Waals surface area contributed by atoms with E-state index in [0.29, 0.717) is 25.1 Å². The summed E-state index contributed by atoms with van der Waals surface area (Å²) < 4.78 is 0. The lowest BCUT2D eigenvalue weighted by Crippen LogP contribution is -2.55. The number of hydrogen-bond acceptors (Lipinski definition) is 6. The first-order valence-electron chi connectivity index (χ1n) is 10.7. The number of hydrogen-bond donors (Lipinski definition) is 3. The highest BCUT2D eigenvalue weighted by Gasteiger charge is 2.38. The van der Waals surface area contributed by atoms with Gasteiger partial charge in [0.05, 0.1) is 11.0 Å². The summed E-state index contributed by atoms with van der Waals surface area (Å²) in [7, 11) is 0. The second kappa shape index (κ2) is 10.7. The summed E-state index contributed by atoms with van der Waals surface area (Å²) >= 11 is 0. The third kappa shape index (κ3) is 6.13. The van der Waals surface area contributed by atoms with Crippen molar-refractivity contribution in [3.63, 3.8) is 0 Å². The fourth-order valence-electron chi connectivity index (χ4n) is 3.75. The smallest absolute Gasteiger partial charge is 0.269 e. The van der Waals surface area contributed by atoms with Gasteiger partial charge in [0, 0.05) is 30.8 Å². The van der Waals surface area contributed by atoms with Crippen LogP contribution in [0.4, 0.5) is 11.4 Å². The number of nitrogens with one attached hydrogen (secondary N) is 2. The largest absolute Gasteiger partial charge is 0.343 e. The summed E-state index contributed by atoms with van der Waals surface area (Å²) in [5.41, 5.74) is 6.86. The zero-order valence-electron chi connectivity index (χ0n) is 18.3. The van der Waals surface area contributed by atoms with Crippen LogP contribution in [0.15, 0.2) is 54.6 Å². The minimum absolute atomic E-state index is 0.0840. The number of carbonyl (C=O) groups is 3. The quantitative estimate of drug-likeness (QED) is 0.408. The Morgan fingerprint density at radius 1 is 1.15 bits per heavy atom. The monoisotopic (exact) mass is 453 g/mol. The zero-order chi connectivity index (χ0) is 24.0. The van der Waals surface area contributed by atoms with Gasteiger partial charge in [0.15, 0.2) is 0 Å². The SMILES string of the molecule is C[C@H](N)C(=O)N[C@@H](Cc1ccccc1)C(=O)N1CCC[C@H]1C(=O)Nc1ccc([N+](=O)[O-])cc1. The Labute approximate surface area is 191 Å². The van der Waals surface area contributed by atoms with Crippen LogP contribution in [0.1, 0.15) is 25.3 Å². The van der Waals surface area contributed by atoms with Gasteiger partial charge in [-0.25, -0.2) is 0 Å². The molecule has 4 N–H and O–H groups in total. The maximum Gasteiger partial charge on any atom is 0.269 e. The maximum absolute atomic E-state index is 13.4. The number of nitrogens with zero attached hydrogens (tertiary/aromatic N) is 2. The number of likely N-dealkylation sites (tertiary alicyclic amines) is 1. The van der Waals surface area contributed by atoms with Gasteiger partial charge in [-0.1, -0.05) is 30.3 Å². The third-order valence-corrected chi connectivity index (χ3v) is 5.49. The second-order valence-corrected chi connectivity index (χ2v) is 8.02. The Balaban J connectivity index is 1.74. The Bertz CT molecular complexity index is 1010. The van der Waals surface area contributed by atoms with Gasteiger partial charge < -0.3 is 21.3 Å². The molecular weight excluding hydrogens is 426 g/mol. The summed E-state index contributed by atoms with van der Waals surface area (Å²) in [6.45, 7) is 1.92. The van der Waals surface area contributed by atoms with Gasteiger partial charge in [0.2, 0.25) is 17.7 Å². The summed E-state index contributed by atoms with van der Waals surface area (Å²) in [5.74, 6) is -1.18. The lowest BCUT2D eigenvalue weighted by molar-refractivity contribution is -0.384. The first-order chi connectivity index (χ1) is 15.8. The van der Waals surface area contributed by atoms with Crippen molar-refractivity contribution in [1.29, 1.82) is 0 Å². The molecule has 1 saturated heterocycles. The van der Waals surface area contributed by atoms with Gasteiger partial charge in [0.1, 0.15) is 12.1 Å². The van der Waals surface area contributed by atoms with Gasteiger partial charge in [-0.2, -0.15) is 0 Å². The molecule has 1 fully saturated rings. The number of non-ortho nitro benzene ring substituents is 1. The Morgan fingerprint density at radius 3 is 2.42 bits per heavy atom. The maximum atomic E-state index is 13.4. The van der Waals surface area contributed by atoms with E-state index in [1.807, 2.05) is 30.3 Å². The molecule has 33 heavy (non-hydrogen) atoms. The van der Waals surface area contributed by atoms with E-state index < -0.39 is 29.0 Å². The minimum atomic E-state index is -0.862. The fourth-order valence-corrected chi connectivity index (χ4v) is 3.75. The van der Waals surface area contributed by atoms with Crippen molar-refractivity contribution in [3.05, 3.63) is 70.3 Å². The van der Waals surface area contributed by atoms with Crippen molar-refractivity contribution in [2.45, 2.75) is 44.3 Å². The lowest BCUT2D eigenvalue weighted by Gasteiger charge is -2.29. The molecule has 174 valence electrons. The molecule has 0 unspecified atom stereocenters. The average molecular weight is 453 g/mol. The van der Waals surface area contributed by atoms with Crippen molar-refractivity contribution < 1.29 is 19.3 Å². The fraction of sp³-hybridized carbons (Fsp3) is 0.348. The Hall–Kier alpha value is -3.79. The lowest BCUT2D eigenvalue weighted by atomic mass is 10.0. The molecule has 1 aliphatic rings. The van der Waals surface area contributed by atoms with E-state index in [1.165, 1.54) is 36.1 Å². The van der Waals surface area contributed by atoms with E-state index in [9.17, 15) is 24.5 Å². The molecule has 0 aliphatic carbocycles. The van der Waals surface area contributed by atoms with E-state index in [0.717, 1.165) is 5.56 Å². The van der Waals surface area contributed by atoms with Crippen LogP contribution in [0.5, 0.6) is 0 Å². The number of nitro benzene ring substituents is 1. The Kier molecular flexibility index (Phi) is 7.73. The molecule has 3 amide bonds. The van der Waals surface area contributed by atoms with E-state index in [-0.39, 0.29) is 23.9 Å². The normalized spacial score (nSPS) is 17.2. The van der Waals surface area contributed by atoms with Gasteiger partial charge in [-0.05, 0) is 37.5 Å². The number of carbonyl (C=O) groups excluding carboxylic acids is 3. The zero-order valence-corrected chi connectivity index (χ0v) is 18.3. The van der Waals surface area contributed by atoms with Crippen molar-refractivity contribution in [1.82, 2.24) is 10.2 Å². The number of anilines is 1. The molecule has 1 aliphatic heterocycles. The number of nitrogens with two attached hydrogens (primary N) is 1. The molecule has 0 aromatic heterocycles. The molecule has 0 bridgehead atoms. The highest BCUT2D eigenvalue weighted by Crippen LogP contribution is 2.22. The van der Waals surface area contributed by atoms with Crippen LogP contribution >= 0.6 is 0 Å². The number of nitro groups is 1. The highest BCUT2D eigenvalue weighted by molar-refractivity contribution is 5.99. The summed E-state index contributed by atoms with van der Waals surface area (Å²) in [6, 6.07) is 12.4. The molecule has 10 heteroatoms. The van der Waals surface area contributed by atoms with Crippen molar-refractivity contribution in [2.24, 2.45) is 5.73 Å². The average Bonchev–Trinajstić information content (AvgIpc) is 3.29. The van der Waals surface area contributed by atoms with E-state index in [1.54, 1.807) is 0 Å². The van der Waals surface area contributed by atoms with E-state index >= 15 is 0 Å². The summed E-state index contributed by atoms with van der Waals surface area (Å²) in [6.07, 6.45) is 1.39. The van der Waals surface area contributed by atoms with Crippen LogP contribution in [0, 0.1) is 10.1 Å². The molecule has 0 spiro atoms. The molecule has 10 nitrogen and oxygen atoms in total. The predicted molar refractivity (Wildman–Crippen MR) is 122 cm³/mol. The molecule has 0 radical (unpaired) electrons. The van der Waals surface area contributed by atoms with Gasteiger partial charge in [-0.3, -0.25) is 24.5 Å². The standard InChI is InChI=1S/C23H27N5O5/c1-15(24)21(29)26-19(14-16-6-3-2-4-7-16)23(31)27-13-5-8-20(27)22(30)25-17-9-11-18(12-10-17)28(32)33/h2-4,6-7,9-12,15,19-20H,5,8,13-14,24H2,1H3,(H,25,30)(H,26,29)/t15-,19-,20-/m0/s1. The molecule has 2 aromatic carbocycles. The predicted octanol–water partition coefficient (Wildman–Crippen LogP) is 1.60. The topological polar surface area (TPSA) is 148 Å².